The molecule has 1 aromatic heterocycles. The van der Waals surface area contributed by atoms with E-state index in [4.69, 9.17) is 15.2 Å². The molecular weight excluding hydrogens is 489 g/mol. The van der Waals surface area contributed by atoms with Gasteiger partial charge in [-0.1, -0.05) is 24.0 Å². The molecule has 0 aliphatic carbocycles. The first-order chi connectivity index (χ1) is 18.2. The van der Waals surface area contributed by atoms with Crippen molar-refractivity contribution in [1.82, 2.24) is 4.98 Å². The molecule has 3 N–H and O–H groups in total. The van der Waals surface area contributed by atoms with Crippen LogP contribution >= 0.6 is 0 Å². The molecular formula is C29H30FN3O5. The van der Waals surface area contributed by atoms with E-state index in [2.05, 4.69) is 16.8 Å². The van der Waals surface area contributed by atoms with Gasteiger partial charge in [0, 0.05) is 32.3 Å². The molecule has 9 heteroatoms. The fraction of sp³-hybridized carbons (Fsp3) is 0.276. The van der Waals surface area contributed by atoms with E-state index >= 15 is 0 Å². The Bertz CT molecular complexity index is 1310. The minimum absolute atomic E-state index is 0.240. The smallest absolute Gasteiger partial charge is 0.267 e. The average Bonchev–Trinajstić information content (AvgIpc) is 2.89. The van der Waals surface area contributed by atoms with Crippen LogP contribution in [0.3, 0.4) is 0 Å². The maximum Gasteiger partial charge on any atom is 0.267 e. The Labute approximate surface area is 221 Å². The van der Waals surface area contributed by atoms with Crippen LogP contribution < -0.4 is 15.4 Å². The van der Waals surface area contributed by atoms with Gasteiger partial charge in [0.2, 0.25) is 0 Å². The van der Waals surface area contributed by atoms with Gasteiger partial charge in [0.15, 0.2) is 5.60 Å². The van der Waals surface area contributed by atoms with Crippen molar-refractivity contribution in [1.29, 1.82) is 0 Å². The largest absolute Gasteiger partial charge is 0.491 e. The summed E-state index contributed by atoms with van der Waals surface area (Å²) < 4.78 is 23.3. The van der Waals surface area contributed by atoms with Crippen molar-refractivity contribution in [2.45, 2.75) is 18.4 Å². The number of amides is 1. The summed E-state index contributed by atoms with van der Waals surface area (Å²) >= 11 is 0. The minimum atomic E-state index is -1.02. The van der Waals surface area contributed by atoms with Crippen molar-refractivity contribution in [2.75, 3.05) is 38.8 Å². The monoisotopic (exact) mass is 519 g/mol. The maximum atomic E-state index is 12.7. The van der Waals surface area contributed by atoms with Crippen molar-refractivity contribution in [3.63, 3.8) is 0 Å². The zero-order chi connectivity index (χ0) is 27.5. The number of rotatable bonds is 8. The number of carbonyl (C=O) groups is 2. The summed E-state index contributed by atoms with van der Waals surface area (Å²) in [7, 11) is 3.82. The van der Waals surface area contributed by atoms with E-state index < -0.39 is 11.5 Å². The number of ether oxygens (including phenoxy) is 2. The van der Waals surface area contributed by atoms with E-state index in [1.807, 2.05) is 37.2 Å². The number of nitrogens with zero attached hydrogens (tertiary/aromatic N) is 2. The normalized spacial score (nSPS) is 13.1. The van der Waals surface area contributed by atoms with Crippen LogP contribution in [0, 0.1) is 17.7 Å². The van der Waals surface area contributed by atoms with Gasteiger partial charge in [0.05, 0.1) is 25.5 Å². The van der Waals surface area contributed by atoms with Crippen LogP contribution in [0.1, 0.15) is 33.6 Å². The van der Waals surface area contributed by atoms with Crippen LogP contribution in [0.4, 0.5) is 10.1 Å². The zero-order valence-electron chi connectivity index (χ0n) is 21.3. The van der Waals surface area contributed by atoms with Gasteiger partial charge in [-0.3, -0.25) is 9.78 Å². The Balaban J connectivity index is 0.000000215. The minimum Gasteiger partial charge on any atom is -0.491 e. The highest BCUT2D eigenvalue weighted by atomic mass is 19.1. The second-order valence-corrected chi connectivity index (χ2v) is 8.87. The summed E-state index contributed by atoms with van der Waals surface area (Å²) in [5.41, 5.74) is 7.92. The quantitative estimate of drug-likeness (QED) is 0.267. The van der Waals surface area contributed by atoms with Gasteiger partial charge < -0.3 is 30.0 Å². The molecule has 3 aromatic rings. The van der Waals surface area contributed by atoms with E-state index in [1.54, 1.807) is 30.5 Å². The summed E-state index contributed by atoms with van der Waals surface area (Å²) in [6, 6.07) is 15.2. The van der Waals surface area contributed by atoms with Crippen LogP contribution in [-0.2, 0) is 16.0 Å². The number of aldehydes is 1. The molecule has 1 aliphatic rings. The number of hydrogen-bond acceptors (Lipinski definition) is 7. The van der Waals surface area contributed by atoms with Crippen LogP contribution in [0.2, 0.25) is 0 Å². The Morgan fingerprint density at radius 1 is 1.18 bits per heavy atom. The van der Waals surface area contributed by atoms with Gasteiger partial charge in [-0.05, 0) is 60.0 Å². The Kier molecular flexibility index (Phi) is 9.93. The van der Waals surface area contributed by atoms with Gasteiger partial charge in [-0.25, -0.2) is 4.39 Å². The third-order valence-electron chi connectivity index (χ3n) is 5.45. The lowest BCUT2D eigenvalue weighted by Gasteiger charge is -2.30. The number of aromatic nitrogens is 1. The molecule has 1 saturated heterocycles. The molecule has 2 aromatic carbocycles. The van der Waals surface area contributed by atoms with E-state index in [1.165, 1.54) is 12.1 Å². The lowest BCUT2D eigenvalue weighted by Crippen LogP contribution is -2.48. The van der Waals surface area contributed by atoms with Crippen LogP contribution in [0.5, 0.6) is 5.75 Å². The fourth-order valence-corrected chi connectivity index (χ4v) is 3.40. The predicted octanol–water partition coefficient (Wildman–Crippen LogP) is 2.74. The number of pyridine rings is 1. The van der Waals surface area contributed by atoms with E-state index in [0.717, 1.165) is 28.7 Å². The number of carbonyl (C=O) groups excluding carboxylic acids is 2. The maximum absolute atomic E-state index is 12.7. The molecule has 8 nitrogen and oxygen atoms in total. The second-order valence-electron chi connectivity index (χ2n) is 8.87. The standard InChI is InChI=1S/C16H19NO4.C13H11FN2O/c1-17(2)14-10-13(6-7-16(19)11-20-12-16)4-5-15(14)21-9-3-8-18;14-11-3-1-9(2-4-11)7-10-5-6-16-12(8-10)13(15)17/h4-5,8,10,19H,3,9,11-12H2,1-2H3;1-6,8H,7H2,(H2,15,17). The summed E-state index contributed by atoms with van der Waals surface area (Å²) in [4.78, 5) is 27.1. The molecule has 0 radical (unpaired) electrons. The number of anilines is 1. The SMILES string of the molecule is CN(C)c1cc(C#CC2(O)COC2)ccc1OCCC=O.NC(=O)c1cc(Cc2ccc(F)cc2)ccn1. The van der Waals surface area contributed by atoms with E-state index in [9.17, 15) is 19.1 Å². The lowest BCUT2D eigenvalue weighted by molar-refractivity contribution is -0.140. The Hall–Kier alpha value is -4.26. The number of primary amides is 1. The third-order valence-corrected chi connectivity index (χ3v) is 5.45. The van der Waals surface area contributed by atoms with Gasteiger partial charge in [0.25, 0.3) is 5.91 Å². The molecule has 0 atom stereocenters. The number of hydrogen-bond donors (Lipinski definition) is 2. The number of halogens is 1. The average molecular weight is 520 g/mol. The number of nitrogens with two attached hydrogens (primary N) is 1. The van der Waals surface area contributed by atoms with Gasteiger partial charge >= 0.3 is 0 Å². The first-order valence-electron chi connectivity index (χ1n) is 11.9. The van der Waals surface area contributed by atoms with Gasteiger partial charge in [0.1, 0.15) is 23.5 Å². The van der Waals surface area contributed by atoms with Gasteiger partial charge in [-0.15, -0.1) is 0 Å². The molecule has 1 amide bonds. The second kappa shape index (κ2) is 13.3. The topological polar surface area (TPSA) is 115 Å². The zero-order valence-corrected chi connectivity index (χ0v) is 21.3. The molecule has 0 unspecified atom stereocenters. The third kappa shape index (κ3) is 8.40. The molecule has 4 rings (SSSR count). The van der Waals surface area contributed by atoms with Crippen LogP contribution in [0.15, 0.2) is 60.8 Å². The predicted molar refractivity (Wildman–Crippen MR) is 142 cm³/mol. The van der Waals surface area contributed by atoms with E-state index in [0.29, 0.717) is 25.2 Å². The van der Waals surface area contributed by atoms with Crippen molar-refractivity contribution >= 4 is 17.9 Å². The van der Waals surface area contributed by atoms with Crippen LogP contribution in [-0.4, -0.2) is 61.8 Å². The van der Waals surface area contributed by atoms with Crippen molar-refractivity contribution in [3.05, 3.63) is 89.0 Å². The number of benzene rings is 2. The lowest BCUT2D eigenvalue weighted by atomic mass is 10.0. The summed E-state index contributed by atoms with van der Waals surface area (Å²) in [5, 5.41) is 9.88. The molecule has 2 heterocycles. The van der Waals surface area contributed by atoms with Crippen molar-refractivity contribution < 1.29 is 28.6 Å². The summed E-state index contributed by atoms with van der Waals surface area (Å²) in [6.07, 6.45) is 3.35. The summed E-state index contributed by atoms with van der Waals surface area (Å²) in [5.74, 6) is 5.68. The fourth-order valence-electron chi connectivity index (χ4n) is 3.40. The molecule has 0 spiro atoms. The highest BCUT2D eigenvalue weighted by Crippen LogP contribution is 2.28. The molecule has 0 bridgehead atoms. The van der Waals surface area contributed by atoms with E-state index in [-0.39, 0.29) is 24.7 Å². The molecule has 198 valence electrons. The molecule has 1 fully saturated rings. The molecule has 0 saturated carbocycles. The molecule has 1 aliphatic heterocycles. The van der Waals surface area contributed by atoms with Gasteiger partial charge in [-0.2, -0.15) is 0 Å². The highest BCUT2D eigenvalue weighted by Gasteiger charge is 2.33. The highest BCUT2D eigenvalue weighted by molar-refractivity contribution is 5.90. The molecule has 38 heavy (non-hydrogen) atoms. The number of aliphatic hydroxyl groups is 1. The van der Waals surface area contributed by atoms with Crippen molar-refractivity contribution in [2.24, 2.45) is 5.73 Å². The Morgan fingerprint density at radius 3 is 2.53 bits per heavy atom. The first kappa shape index (κ1) is 28.3. The van der Waals surface area contributed by atoms with Crippen LogP contribution in [0.25, 0.3) is 0 Å². The Morgan fingerprint density at radius 2 is 1.92 bits per heavy atom. The first-order valence-corrected chi connectivity index (χ1v) is 11.9. The summed E-state index contributed by atoms with van der Waals surface area (Å²) in [6.45, 7) is 0.868. The van der Waals surface area contributed by atoms with Crippen molar-refractivity contribution in [3.8, 4) is 17.6 Å².